The van der Waals surface area contributed by atoms with E-state index in [9.17, 15) is 4.79 Å². The molecular formula is C15H29N3O. The first-order valence-corrected chi connectivity index (χ1v) is 7.92. The van der Waals surface area contributed by atoms with E-state index in [0.29, 0.717) is 5.91 Å². The van der Waals surface area contributed by atoms with E-state index < -0.39 is 0 Å². The highest BCUT2D eigenvalue weighted by molar-refractivity contribution is 5.88. The Kier molecular flexibility index (Phi) is 4.85. The van der Waals surface area contributed by atoms with Crippen LogP contribution in [0, 0.1) is 0 Å². The van der Waals surface area contributed by atoms with E-state index in [1.165, 1.54) is 32.4 Å². The number of carbonyl (C=O) groups excluding carboxylic acids is 1. The number of piperidine rings is 1. The summed E-state index contributed by atoms with van der Waals surface area (Å²) in [5.74, 6) is 0.291. The van der Waals surface area contributed by atoms with E-state index >= 15 is 0 Å². The fourth-order valence-corrected chi connectivity index (χ4v) is 3.23. The quantitative estimate of drug-likeness (QED) is 0.825. The second kappa shape index (κ2) is 6.23. The number of amides is 1. The standard InChI is InChI=1S/C15H29N3O/c1-4-13-16-15(3,5-2)14(19)18(13)12-11-17-9-7-6-8-10-17/h13,16H,4-12H2,1-3H3. The minimum absolute atomic E-state index is 0.224. The van der Waals surface area contributed by atoms with E-state index in [4.69, 9.17) is 0 Å². The van der Waals surface area contributed by atoms with Crippen LogP contribution in [-0.4, -0.2) is 53.6 Å². The zero-order valence-corrected chi connectivity index (χ0v) is 12.7. The molecule has 4 heteroatoms. The number of rotatable bonds is 5. The number of nitrogens with zero attached hydrogens (tertiary/aromatic N) is 2. The average molecular weight is 267 g/mol. The SMILES string of the molecule is CCC1NC(C)(CC)C(=O)N1CCN1CCCCC1. The lowest BCUT2D eigenvalue weighted by Gasteiger charge is -2.30. The molecular weight excluding hydrogens is 238 g/mol. The highest BCUT2D eigenvalue weighted by Crippen LogP contribution is 2.24. The molecule has 1 N–H and O–H groups in total. The molecule has 1 amide bonds. The summed E-state index contributed by atoms with van der Waals surface area (Å²) < 4.78 is 0. The Morgan fingerprint density at radius 1 is 1.21 bits per heavy atom. The number of hydrogen-bond donors (Lipinski definition) is 1. The van der Waals surface area contributed by atoms with Gasteiger partial charge in [-0.25, -0.2) is 0 Å². The van der Waals surface area contributed by atoms with Gasteiger partial charge in [0.1, 0.15) is 0 Å². The summed E-state index contributed by atoms with van der Waals surface area (Å²) in [7, 11) is 0. The lowest BCUT2D eigenvalue weighted by atomic mass is 9.99. The molecule has 0 aliphatic carbocycles. The van der Waals surface area contributed by atoms with Gasteiger partial charge in [0.05, 0.1) is 11.7 Å². The molecule has 2 heterocycles. The van der Waals surface area contributed by atoms with E-state index in [0.717, 1.165) is 25.9 Å². The van der Waals surface area contributed by atoms with Crippen LogP contribution in [0.1, 0.15) is 52.9 Å². The Labute approximate surface area is 117 Å². The van der Waals surface area contributed by atoms with Crippen molar-refractivity contribution in [1.82, 2.24) is 15.1 Å². The molecule has 2 saturated heterocycles. The monoisotopic (exact) mass is 267 g/mol. The van der Waals surface area contributed by atoms with Gasteiger partial charge in [-0.15, -0.1) is 0 Å². The lowest BCUT2D eigenvalue weighted by Crippen LogP contribution is -2.44. The Bertz CT molecular complexity index is 315. The molecule has 2 unspecified atom stereocenters. The van der Waals surface area contributed by atoms with E-state index in [-0.39, 0.29) is 11.7 Å². The maximum atomic E-state index is 12.5. The molecule has 0 spiro atoms. The third kappa shape index (κ3) is 3.11. The maximum Gasteiger partial charge on any atom is 0.243 e. The molecule has 19 heavy (non-hydrogen) atoms. The van der Waals surface area contributed by atoms with Crippen LogP contribution in [0.25, 0.3) is 0 Å². The summed E-state index contributed by atoms with van der Waals surface area (Å²) in [6, 6.07) is 0. The van der Waals surface area contributed by atoms with E-state index in [2.05, 4.69) is 29.0 Å². The fourth-order valence-electron chi connectivity index (χ4n) is 3.23. The normalized spacial score (nSPS) is 33.1. The fraction of sp³-hybridized carbons (Fsp3) is 0.933. The molecule has 2 atom stereocenters. The van der Waals surface area contributed by atoms with Crippen LogP contribution in [0.5, 0.6) is 0 Å². The summed E-state index contributed by atoms with van der Waals surface area (Å²) in [5, 5.41) is 3.51. The third-order valence-corrected chi connectivity index (χ3v) is 4.79. The summed E-state index contributed by atoms with van der Waals surface area (Å²) >= 11 is 0. The van der Waals surface area contributed by atoms with E-state index in [1.54, 1.807) is 0 Å². The number of carbonyl (C=O) groups is 1. The minimum atomic E-state index is -0.345. The van der Waals surface area contributed by atoms with Crippen LogP contribution in [0.4, 0.5) is 0 Å². The molecule has 4 nitrogen and oxygen atoms in total. The van der Waals surface area contributed by atoms with Gasteiger partial charge in [0.15, 0.2) is 0 Å². The van der Waals surface area contributed by atoms with Crippen molar-refractivity contribution in [2.75, 3.05) is 26.2 Å². The van der Waals surface area contributed by atoms with Gasteiger partial charge in [-0.05, 0) is 45.7 Å². The molecule has 0 radical (unpaired) electrons. The van der Waals surface area contributed by atoms with E-state index in [1.807, 2.05) is 6.92 Å². The zero-order chi connectivity index (χ0) is 13.9. The number of nitrogens with one attached hydrogen (secondary N) is 1. The summed E-state index contributed by atoms with van der Waals surface area (Å²) in [5.41, 5.74) is -0.345. The van der Waals surface area contributed by atoms with Crippen molar-refractivity contribution in [1.29, 1.82) is 0 Å². The highest BCUT2D eigenvalue weighted by atomic mass is 16.2. The molecule has 2 rings (SSSR count). The van der Waals surface area contributed by atoms with Gasteiger partial charge in [0.2, 0.25) is 5.91 Å². The summed E-state index contributed by atoms with van der Waals surface area (Å²) in [4.78, 5) is 17.1. The number of hydrogen-bond acceptors (Lipinski definition) is 3. The van der Waals surface area contributed by atoms with Crippen LogP contribution in [0.3, 0.4) is 0 Å². The van der Waals surface area contributed by atoms with Crippen molar-refractivity contribution in [2.24, 2.45) is 0 Å². The largest absolute Gasteiger partial charge is 0.324 e. The molecule has 0 aromatic carbocycles. The number of likely N-dealkylation sites (tertiary alicyclic amines) is 1. The van der Waals surface area contributed by atoms with Gasteiger partial charge in [-0.3, -0.25) is 10.1 Å². The highest BCUT2D eigenvalue weighted by Gasteiger charge is 2.45. The molecule has 0 saturated carbocycles. The second-order valence-corrected chi connectivity index (χ2v) is 6.15. The van der Waals surface area contributed by atoms with Gasteiger partial charge >= 0.3 is 0 Å². The van der Waals surface area contributed by atoms with Crippen molar-refractivity contribution >= 4 is 5.91 Å². The molecule has 2 aliphatic heterocycles. The first-order valence-electron chi connectivity index (χ1n) is 7.92. The van der Waals surface area contributed by atoms with Gasteiger partial charge in [-0.1, -0.05) is 20.3 Å². The predicted molar refractivity (Wildman–Crippen MR) is 77.9 cm³/mol. The van der Waals surface area contributed by atoms with Crippen LogP contribution >= 0.6 is 0 Å². The van der Waals surface area contributed by atoms with Crippen LogP contribution in [0.15, 0.2) is 0 Å². The molecule has 2 fully saturated rings. The molecule has 2 aliphatic rings. The lowest BCUT2D eigenvalue weighted by molar-refractivity contribution is -0.133. The molecule has 0 bridgehead atoms. The maximum absolute atomic E-state index is 12.5. The Balaban J connectivity index is 1.92. The van der Waals surface area contributed by atoms with Crippen LogP contribution in [0.2, 0.25) is 0 Å². The van der Waals surface area contributed by atoms with Crippen molar-refractivity contribution in [3.8, 4) is 0 Å². The predicted octanol–water partition coefficient (Wildman–Crippen LogP) is 1.81. The molecule has 0 aromatic rings. The topological polar surface area (TPSA) is 35.6 Å². The summed E-state index contributed by atoms with van der Waals surface area (Å²) in [6.45, 7) is 10.6. The van der Waals surface area contributed by atoms with Crippen molar-refractivity contribution in [3.05, 3.63) is 0 Å². The first-order chi connectivity index (χ1) is 9.10. The smallest absolute Gasteiger partial charge is 0.243 e. The first kappa shape index (κ1) is 14.8. The molecule has 110 valence electrons. The van der Waals surface area contributed by atoms with Crippen molar-refractivity contribution < 1.29 is 4.79 Å². The Morgan fingerprint density at radius 2 is 1.89 bits per heavy atom. The minimum Gasteiger partial charge on any atom is -0.324 e. The Morgan fingerprint density at radius 3 is 2.47 bits per heavy atom. The van der Waals surface area contributed by atoms with Gasteiger partial charge in [0.25, 0.3) is 0 Å². The Hall–Kier alpha value is -0.610. The van der Waals surface area contributed by atoms with Crippen LogP contribution < -0.4 is 5.32 Å². The summed E-state index contributed by atoms with van der Waals surface area (Å²) in [6.07, 6.45) is 6.07. The van der Waals surface area contributed by atoms with Gasteiger partial charge in [-0.2, -0.15) is 0 Å². The zero-order valence-electron chi connectivity index (χ0n) is 12.7. The third-order valence-electron chi connectivity index (χ3n) is 4.79. The van der Waals surface area contributed by atoms with Crippen LogP contribution in [-0.2, 0) is 4.79 Å². The second-order valence-electron chi connectivity index (χ2n) is 6.15. The van der Waals surface area contributed by atoms with Crippen molar-refractivity contribution in [2.45, 2.75) is 64.6 Å². The average Bonchev–Trinajstić information content (AvgIpc) is 2.70. The van der Waals surface area contributed by atoms with Gasteiger partial charge in [0, 0.05) is 13.1 Å². The molecule has 0 aromatic heterocycles. The van der Waals surface area contributed by atoms with Gasteiger partial charge < -0.3 is 9.80 Å². The van der Waals surface area contributed by atoms with Crippen molar-refractivity contribution in [3.63, 3.8) is 0 Å².